The molecule has 5 nitrogen and oxygen atoms in total. The number of carbonyl (C=O) groups is 1. The summed E-state index contributed by atoms with van der Waals surface area (Å²) in [5, 5.41) is 10.6. The Hall–Kier alpha value is -1.18. The maximum Gasteiger partial charge on any atom is 0.407 e. The summed E-state index contributed by atoms with van der Waals surface area (Å²) in [6.07, 6.45) is 2.60. The van der Waals surface area contributed by atoms with Crippen molar-refractivity contribution in [1.29, 1.82) is 0 Å². The van der Waals surface area contributed by atoms with E-state index in [9.17, 15) is 9.90 Å². The lowest BCUT2D eigenvalue weighted by Crippen LogP contribution is -2.45. The summed E-state index contributed by atoms with van der Waals surface area (Å²) in [6, 6.07) is 7.10. The summed E-state index contributed by atoms with van der Waals surface area (Å²) in [4.78, 5) is 20.4. The quantitative estimate of drug-likeness (QED) is 0.796. The van der Waals surface area contributed by atoms with E-state index in [2.05, 4.69) is 33.0 Å². The molecule has 3 fully saturated rings. The van der Waals surface area contributed by atoms with Gasteiger partial charge in [0.1, 0.15) is 0 Å². The van der Waals surface area contributed by atoms with Crippen molar-refractivity contribution < 1.29 is 9.90 Å². The predicted octanol–water partition coefficient (Wildman–Crippen LogP) is 3.99. The molecule has 0 unspecified atom stereocenters. The number of carboxylic acid groups (broad SMARTS) is 1. The van der Waals surface area contributed by atoms with Crippen LogP contribution in [0.3, 0.4) is 0 Å². The molecular weight excluding hydrogens is 402 g/mol. The standard InChI is InChI=1S/C18H20BrN3O2S/c19-12-1-2-14-16(7-12)25-17(20-14)11-5-13(6-11)21-8-10-3-4-22(18(23)24)15(10)9-21/h1-2,7,10-11,13,15H,3-6,8-9H2,(H,23,24)/t10-,11?,13?,15-/m1/s1. The van der Waals surface area contributed by atoms with E-state index >= 15 is 0 Å². The van der Waals surface area contributed by atoms with Gasteiger partial charge in [0, 0.05) is 36.1 Å². The molecule has 2 aliphatic heterocycles. The van der Waals surface area contributed by atoms with Gasteiger partial charge in [0.05, 0.1) is 21.3 Å². The highest BCUT2D eigenvalue weighted by atomic mass is 79.9. The molecule has 1 aromatic heterocycles. The molecule has 3 aliphatic rings. The number of rotatable bonds is 2. The fourth-order valence-corrected chi connectivity index (χ4v) is 6.35. The predicted molar refractivity (Wildman–Crippen MR) is 101 cm³/mol. The number of hydrogen-bond donors (Lipinski definition) is 1. The SMILES string of the molecule is O=C(O)N1CC[C@@H]2CN(C3CC(c4nc5ccc(Br)cc5s4)C3)C[C@H]21. The molecule has 2 saturated heterocycles. The van der Waals surface area contributed by atoms with Crippen LogP contribution in [0.1, 0.15) is 30.2 Å². The van der Waals surface area contributed by atoms with Crippen LogP contribution in [0.5, 0.6) is 0 Å². The lowest BCUT2D eigenvalue weighted by molar-refractivity contribution is 0.109. The molecule has 1 aliphatic carbocycles. The van der Waals surface area contributed by atoms with Crippen molar-refractivity contribution in [3.05, 3.63) is 27.7 Å². The second kappa shape index (κ2) is 5.93. The molecule has 3 heterocycles. The van der Waals surface area contributed by atoms with E-state index in [1.165, 1.54) is 9.71 Å². The Morgan fingerprint density at radius 1 is 1.32 bits per heavy atom. The molecule has 0 radical (unpaired) electrons. The minimum Gasteiger partial charge on any atom is -0.465 e. The summed E-state index contributed by atoms with van der Waals surface area (Å²) >= 11 is 5.34. The van der Waals surface area contributed by atoms with E-state index in [-0.39, 0.29) is 6.04 Å². The maximum absolute atomic E-state index is 11.3. The number of nitrogens with zero attached hydrogens (tertiary/aromatic N) is 3. The molecule has 1 N–H and O–H groups in total. The Morgan fingerprint density at radius 3 is 2.96 bits per heavy atom. The van der Waals surface area contributed by atoms with Crippen LogP contribution < -0.4 is 0 Å². The molecule has 2 aromatic rings. The van der Waals surface area contributed by atoms with Gasteiger partial charge in [-0.2, -0.15) is 0 Å². The van der Waals surface area contributed by atoms with Crippen LogP contribution in [0.2, 0.25) is 0 Å². The fourth-order valence-electron chi connectivity index (χ4n) is 4.71. The average molecular weight is 422 g/mol. The minimum absolute atomic E-state index is 0.219. The zero-order valence-corrected chi connectivity index (χ0v) is 16.2. The summed E-state index contributed by atoms with van der Waals surface area (Å²) in [7, 11) is 0. The molecule has 7 heteroatoms. The molecule has 0 bridgehead atoms. The molecule has 1 saturated carbocycles. The van der Waals surface area contributed by atoms with Gasteiger partial charge in [-0.15, -0.1) is 11.3 Å². The van der Waals surface area contributed by atoms with Gasteiger partial charge >= 0.3 is 6.09 Å². The molecule has 2 atom stereocenters. The van der Waals surface area contributed by atoms with Crippen LogP contribution in [0.4, 0.5) is 4.79 Å². The normalized spacial score (nSPS) is 32.1. The summed E-state index contributed by atoms with van der Waals surface area (Å²) in [5.74, 6) is 1.10. The number of likely N-dealkylation sites (tertiary alicyclic amines) is 2. The molecule has 1 aromatic carbocycles. The Kier molecular flexibility index (Phi) is 3.80. The van der Waals surface area contributed by atoms with E-state index in [0.29, 0.717) is 24.4 Å². The number of benzene rings is 1. The number of thiazole rings is 1. The maximum atomic E-state index is 11.3. The van der Waals surface area contributed by atoms with E-state index in [4.69, 9.17) is 4.98 Å². The van der Waals surface area contributed by atoms with Crippen LogP contribution in [-0.2, 0) is 0 Å². The average Bonchev–Trinajstić information content (AvgIpc) is 3.18. The van der Waals surface area contributed by atoms with Gasteiger partial charge < -0.3 is 10.0 Å². The van der Waals surface area contributed by atoms with Gasteiger partial charge in [0.25, 0.3) is 0 Å². The third kappa shape index (κ3) is 2.67. The van der Waals surface area contributed by atoms with Crippen LogP contribution in [0, 0.1) is 5.92 Å². The van der Waals surface area contributed by atoms with Crippen LogP contribution in [-0.4, -0.2) is 57.7 Å². The Morgan fingerprint density at radius 2 is 2.16 bits per heavy atom. The van der Waals surface area contributed by atoms with Crippen molar-refractivity contribution in [3.63, 3.8) is 0 Å². The van der Waals surface area contributed by atoms with Crippen molar-refractivity contribution in [1.82, 2.24) is 14.8 Å². The molecule has 25 heavy (non-hydrogen) atoms. The summed E-state index contributed by atoms with van der Waals surface area (Å²) in [6.45, 7) is 2.70. The van der Waals surface area contributed by atoms with Crippen molar-refractivity contribution in [2.75, 3.05) is 19.6 Å². The molecule has 0 spiro atoms. The van der Waals surface area contributed by atoms with Gasteiger partial charge in [-0.05, 0) is 43.4 Å². The number of amides is 1. The van der Waals surface area contributed by atoms with Gasteiger partial charge in [-0.25, -0.2) is 9.78 Å². The van der Waals surface area contributed by atoms with E-state index in [1.54, 1.807) is 4.90 Å². The van der Waals surface area contributed by atoms with Crippen LogP contribution >= 0.6 is 27.3 Å². The lowest BCUT2D eigenvalue weighted by Gasteiger charge is -2.41. The highest BCUT2D eigenvalue weighted by Crippen LogP contribution is 2.45. The third-order valence-electron chi connectivity index (χ3n) is 6.17. The van der Waals surface area contributed by atoms with Crippen molar-refractivity contribution in [3.8, 4) is 0 Å². The first kappa shape index (κ1) is 16.0. The van der Waals surface area contributed by atoms with Gasteiger partial charge in [0.15, 0.2) is 0 Å². The van der Waals surface area contributed by atoms with Crippen molar-refractivity contribution in [2.45, 2.75) is 37.3 Å². The second-order valence-corrected chi connectivity index (χ2v) is 9.51. The van der Waals surface area contributed by atoms with E-state index < -0.39 is 6.09 Å². The number of aromatic nitrogens is 1. The first-order chi connectivity index (χ1) is 12.1. The monoisotopic (exact) mass is 421 g/mol. The van der Waals surface area contributed by atoms with Crippen molar-refractivity contribution in [2.24, 2.45) is 5.92 Å². The smallest absolute Gasteiger partial charge is 0.407 e. The summed E-state index contributed by atoms with van der Waals surface area (Å²) in [5.41, 5.74) is 1.10. The molecule has 1 amide bonds. The Bertz CT molecular complexity index is 835. The third-order valence-corrected chi connectivity index (χ3v) is 7.84. The molecule has 5 rings (SSSR count). The van der Waals surface area contributed by atoms with E-state index in [0.717, 1.165) is 42.3 Å². The zero-order valence-electron chi connectivity index (χ0n) is 13.8. The molecule has 132 valence electrons. The largest absolute Gasteiger partial charge is 0.465 e. The Balaban J connectivity index is 1.24. The zero-order chi connectivity index (χ0) is 17.1. The first-order valence-corrected chi connectivity index (χ1v) is 10.5. The topological polar surface area (TPSA) is 56.7 Å². The molecular formula is C18H20BrN3O2S. The fraction of sp³-hybridized carbons (Fsp3) is 0.556. The van der Waals surface area contributed by atoms with Crippen LogP contribution in [0.15, 0.2) is 22.7 Å². The van der Waals surface area contributed by atoms with Crippen molar-refractivity contribution >= 4 is 43.6 Å². The number of halogens is 1. The summed E-state index contributed by atoms with van der Waals surface area (Å²) < 4.78 is 2.36. The Labute approximate surface area is 158 Å². The van der Waals surface area contributed by atoms with Gasteiger partial charge in [-0.3, -0.25) is 4.90 Å². The number of fused-ring (bicyclic) bond motifs is 2. The van der Waals surface area contributed by atoms with Crippen LogP contribution in [0.25, 0.3) is 10.2 Å². The van der Waals surface area contributed by atoms with E-state index in [1.807, 2.05) is 17.4 Å². The second-order valence-electron chi connectivity index (χ2n) is 7.53. The minimum atomic E-state index is -0.749. The highest BCUT2D eigenvalue weighted by molar-refractivity contribution is 9.10. The highest BCUT2D eigenvalue weighted by Gasteiger charge is 2.47. The van der Waals surface area contributed by atoms with Gasteiger partial charge in [-0.1, -0.05) is 15.9 Å². The lowest BCUT2D eigenvalue weighted by atomic mass is 9.80. The first-order valence-electron chi connectivity index (χ1n) is 8.88. The van der Waals surface area contributed by atoms with Gasteiger partial charge in [0.2, 0.25) is 0 Å². The number of hydrogen-bond acceptors (Lipinski definition) is 4.